The van der Waals surface area contributed by atoms with Gasteiger partial charge in [-0.25, -0.2) is 0 Å². The zero-order valence-electron chi connectivity index (χ0n) is 14.2. The van der Waals surface area contributed by atoms with Gasteiger partial charge in [-0.05, 0) is 36.1 Å². The number of hydrogen-bond donors (Lipinski definition) is 1. The lowest BCUT2D eigenvalue weighted by Crippen LogP contribution is -2.34. The van der Waals surface area contributed by atoms with Gasteiger partial charge in [-0.3, -0.25) is 5.73 Å². The fraction of sp³-hybridized carbons (Fsp3) is 0.429. The van der Waals surface area contributed by atoms with Crippen LogP contribution in [-0.2, 0) is 5.41 Å². The van der Waals surface area contributed by atoms with Gasteiger partial charge in [-0.15, -0.1) is 0 Å². The molecule has 0 aromatic heterocycles. The Morgan fingerprint density at radius 1 is 0.913 bits per heavy atom. The van der Waals surface area contributed by atoms with Crippen molar-refractivity contribution in [2.75, 3.05) is 0 Å². The summed E-state index contributed by atoms with van der Waals surface area (Å²) in [5.41, 5.74) is 8.78. The quantitative estimate of drug-likeness (QED) is 0.800. The van der Waals surface area contributed by atoms with Gasteiger partial charge >= 0.3 is 0 Å². The van der Waals surface area contributed by atoms with Gasteiger partial charge in [0.1, 0.15) is 5.75 Å². The molecule has 0 spiro atoms. The molecule has 2 aromatic rings. The molecule has 2 heteroatoms. The highest BCUT2D eigenvalue weighted by Gasteiger charge is 2.25. The van der Waals surface area contributed by atoms with Crippen LogP contribution in [0.3, 0.4) is 0 Å². The van der Waals surface area contributed by atoms with E-state index in [4.69, 9.17) is 10.5 Å². The fourth-order valence-corrected chi connectivity index (χ4v) is 3.51. The van der Waals surface area contributed by atoms with Crippen molar-refractivity contribution < 1.29 is 4.74 Å². The molecule has 1 aliphatic rings. The molecule has 1 atom stereocenters. The summed E-state index contributed by atoms with van der Waals surface area (Å²) >= 11 is 0. The van der Waals surface area contributed by atoms with Crippen molar-refractivity contribution in [2.24, 2.45) is 11.7 Å². The first-order chi connectivity index (χ1) is 11.1. The average molecular weight is 309 g/mol. The van der Waals surface area contributed by atoms with E-state index in [2.05, 4.69) is 68.4 Å². The summed E-state index contributed by atoms with van der Waals surface area (Å²) in [5, 5.41) is 0. The molecule has 1 saturated carbocycles. The van der Waals surface area contributed by atoms with Gasteiger partial charge in [0.15, 0.2) is 6.23 Å². The molecule has 1 unspecified atom stereocenters. The molecule has 3 rings (SSSR count). The van der Waals surface area contributed by atoms with Crippen LogP contribution in [0.25, 0.3) is 0 Å². The van der Waals surface area contributed by atoms with Crippen LogP contribution in [0.15, 0.2) is 54.6 Å². The molecular weight excluding hydrogens is 282 g/mol. The summed E-state index contributed by atoms with van der Waals surface area (Å²) in [5.74, 6) is 1.38. The van der Waals surface area contributed by atoms with Crippen LogP contribution in [0, 0.1) is 5.92 Å². The summed E-state index contributed by atoms with van der Waals surface area (Å²) in [6.45, 7) is 4.50. The molecule has 1 fully saturated rings. The third-order valence-corrected chi connectivity index (χ3v) is 5.21. The first-order valence-corrected chi connectivity index (χ1v) is 8.66. The van der Waals surface area contributed by atoms with Crippen molar-refractivity contribution in [1.82, 2.24) is 0 Å². The Hall–Kier alpha value is -1.80. The second-order valence-corrected chi connectivity index (χ2v) is 7.14. The Balaban J connectivity index is 1.71. The van der Waals surface area contributed by atoms with E-state index in [0.29, 0.717) is 5.92 Å². The Labute approximate surface area is 139 Å². The van der Waals surface area contributed by atoms with E-state index >= 15 is 0 Å². The average Bonchev–Trinajstić information content (AvgIpc) is 3.11. The normalized spacial score (nSPS) is 17.2. The van der Waals surface area contributed by atoms with E-state index in [0.717, 1.165) is 5.75 Å². The molecule has 0 amide bonds. The Bertz CT molecular complexity index is 612. The third-order valence-electron chi connectivity index (χ3n) is 5.21. The predicted octanol–water partition coefficient (Wildman–Crippen LogP) is 4.87. The van der Waals surface area contributed by atoms with E-state index in [-0.39, 0.29) is 11.6 Å². The van der Waals surface area contributed by atoms with Crippen molar-refractivity contribution in [2.45, 2.75) is 51.2 Å². The molecule has 122 valence electrons. The molecule has 0 heterocycles. The summed E-state index contributed by atoms with van der Waals surface area (Å²) in [7, 11) is 0. The highest BCUT2D eigenvalue weighted by atomic mass is 16.5. The zero-order chi connectivity index (χ0) is 16.3. The fourth-order valence-electron chi connectivity index (χ4n) is 3.51. The van der Waals surface area contributed by atoms with E-state index in [1.54, 1.807) is 0 Å². The molecule has 0 radical (unpaired) electrons. The van der Waals surface area contributed by atoms with Gasteiger partial charge in [0.2, 0.25) is 0 Å². The molecule has 0 saturated heterocycles. The largest absolute Gasteiger partial charge is 0.475 e. The lowest BCUT2D eigenvalue weighted by atomic mass is 9.78. The first-order valence-electron chi connectivity index (χ1n) is 8.66. The van der Waals surface area contributed by atoms with E-state index < -0.39 is 0 Å². The summed E-state index contributed by atoms with van der Waals surface area (Å²) in [6, 6.07) is 19.0. The lowest BCUT2D eigenvalue weighted by molar-refractivity contribution is 0.142. The molecule has 2 aromatic carbocycles. The Morgan fingerprint density at radius 3 is 2.09 bits per heavy atom. The van der Waals surface area contributed by atoms with Crippen molar-refractivity contribution in [3.05, 3.63) is 65.7 Å². The van der Waals surface area contributed by atoms with Crippen molar-refractivity contribution in [1.29, 1.82) is 0 Å². The van der Waals surface area contributed by atoms with Crippen molar-refractivity contribution >= 4 is 0 Å². The summed E-state index contributed by atoms with van der Waals surface area (Å²) in [6.07, 6.45) is 4.78. The molecule has 2 nitrogen and oxygen atoms in total. The minimum absolute atomic E-state index is 0.0205. The maximum Gasteiger partial charge on any atom is 0.150 e. The van der Waals surface area contributed by atoms with Crippen molar-refractivity contribution in [3.8, 4) is 5.75 Å². The maximum atomic E-state index is 6.20. The van der Waals surface area contributed by atoms with Gasteiger partial charge < -0.3 is 4.74 Å². The maximum absolute atomic E-state index is 6.20. The monoisotopic (exact) mass is 309 g/mol. The number of ether oxygens (including phenoxy) is 1. The summed E-state index contributed by atoms with van der Waals surface area (Å²) < 4.78 is 5.95. The second-order valence-electron chi connectivity index (χ2n) is 7.14. The van der Waals surface area contributed by atoms with Crippen LogP contribution >= 0.6 is 0 Å². The Kier molecular flexibility index (Phi) is 4.72. The minimum Gasteiger partial charge on any atom is -0.475 e. The van der Waals surface area contributed by atoms with Crippen LogP contribution < -0.4 is 10.5 Å². The predicted molar refractivity (Wildman–Crippen MR) is 95.6 cm³/mol. The van der Waals surface area contributed by atoms with E-state index in [1.165, 1.54) is 36.8 Å². The minimum atomic E-state index is -0.175. The van der Waals surface area contributed by atoms with Gasteiger partial charge in [0.25, 0.3) is 0 Å². The molecule has 23 heavy (non-hydrogen) atoms. The number of hydrogen-bond acceptors (Lipinski definition) is 2. The SMILES string of the molecule is CC(C)(c1ccccc1)c1ccc(OC(N)C2CCCC2)cc1. The van der Waals surface area contributed by atoms with Gasteiger partial charge in [-0.2, -0.15) is 0 Å². The van der Waals surface area contributed by atoms with Crippen LogP contribution in [-0.4, -0.2) is 6.23 Å². The molecule has 0 aliphatic heterocycles. The number of rotatable bonds is 5. The second kappa shape index (κ2) is 6.76. The first kappa shape index (κ1) is 16.1. The smallest absolute Gasteiger partial charge is 0.150 e. The molecule has 1 aliphatic carbocycles. The third kappa shape index (κ3) is 3.59. The highest BCUT2D eigenvalue weighted by molar-refractivity contribution is 5.39. The zero-order valence-corrected chi connectivity index (χ0v) is 14.2. The summed E-state index contributed by atoms with van der Waals surface area (Å²) in [4.78, 5) is 0. The van der Waals surface area contributed by atoms with Gasteiger partial charge in [0, 0.05) is 11.3 Å². The molecule has 2 N–H and O–H groups in total. The van der Waals surface area contributed by atoms with Crippen molar-refractivity contribution in [3.63, 3.8) is 0 Å². The molecule has 0 bridgehead atoms. The number of benzene rings is 2. The van der Waals surface area contributed by atoms with Crippen LogP contribution in [0.1, 0.15) is 50.7 Å². The van der Waals surface area contributed by atoms with E-state index in [9.17, 15) is 0 Å². The van der Waals surface area contributed by atoms with Crippen LogP contribution in [0.5, 0.6) is 5.75 Å². The Morgan fingerprint density at radius 2 is 1.48 bits per heavy atom. The van der Waals surface area contributed by atoms with Crippen LogP contribution in [0.2, 0.25) is 0 Å². The standard InChI is InChI=1S/C21H27NO/c1-21(2,17-10-4-3-5-11-17)18-12-14-19(15-13-18)23-20(22)16-8-6-7-9-16/h3-5,10-16,20H,6-9,22H2,1-2H3. The van der Waals surface area contributed by atoms with E-state index in [1.807, 2.05) is 0 Å². The van der Waals surface area contributed by atoms with Gasteiger partial charge in [-0.1, -0.05) is 69.2 Å². The highest BCUT2D eigenvalue weighted by Crippen LogP contribution is 2.33. The van der Waals surface area contributed by atoms with Gasteiger partial charge in [0.05, 0.1) is 0 Å². The lowest BCUT2D eigenvalue weighted by Gasteiger charge is -2.27. The molecular formula is C21H27NO. The number of nitrogens with two attached hydrogens (primary N) is 1. The topological polar surface area (TPSA) is 35.2 Å². The van der Waals surface area contributed by atoms with Crippen LogP contribution in [0.4, 0.5) is 0 Å².